The first-order valence-electron chi connectivity index (χ1n) is 11.4. The number of aromatic nitrogens is 5. The van der Waals surface area contributed by atoms with Gasteiger partial charge in [0.05, 0.1) is 36.8 Å². The van der Waals surface area contributed by atoms with E-state index in [2.05, 4.69) is 19.6 Å². The molecule has 1 aliphatic rings. The van der Waals surface area contributed by atoms with Crippen molar-refractivity contribution >= 4 is 11.6 Å². The Balaban J connectivity index is 1.33. The molecule has 4 rings (SSSR count). The fourth-order valence-electron chi connectivity index (χ4n) is 4.28. The maximum absolute atomic E-state index is 13.2. The van der Waals surface area contributed by atoms with Crippen LogP contribution < -0.4 is 0 Å². The van der Waals surface area contributed by atoms with E-state index < -0.39 is 0 Å². The Kier molecular flexibility index (Phi) is 7.16. The molecule has 1 fully saturated rings. The van der Waals surface area contributed by atoms with Gasteiger partial charge in [-0.15, -0.1) is 0 Å². The van der Waals surface area contributed by atoms with Gasteiger partial charge in [-0.25, -0.2) is 14.5 Å². The van der Waals surface area contributed by atoms with E-state index in [1.165, 1.54) is 0 Å². The Morgan fingerprint density at radius 3 is 2.69 bits per heavy atom. The van der Waals surface area contributed by atoms with Crippen molar-refractivity contribution in [3.63, 3.8) is 0 Å². The Morgan fingerprint density at radius 2 is 1.91 bits per heavy atom. The lowest BCUT2D eigenvalue weighted by Gasteiger charge is -2.32. The van der Waals surface area contributed by atoms with Crippen LogP contribution in [0.15, 0.2) is 24.7 Å². The fraction of sp³-hybridized carbons (Fsp3) is 0.565. The first-order valence-corrected chi connectivity index (χ1v) is 11.4. The average Bonchev–Trinajstić information content (AvgIpc) is 3.42. The minimum Gasteiger partial charge on any atom is -0.379 e. The number of amides is 1. The van der Waals surface area contributed by atoms with Gasteiger partial charge in [0.15, 0.2) is 5.65 Å². The highest BCUT2D eigenvalue weighted by atomic mass is 16.5. The average molecular weight is 441 g/mol. The molecule has 0 saturated carbocycles. The van der Waals surface area contributed by atoms with Crippen molar-refractivity contribution in [2.75, 3.05) is 39.5 Å². The van der Waals surface area contributed by atoms with Gasteiger partial charge in [-0.2, -0.15) is 5.10 Å². The molecule has 0 aromatic carbocycles. The first kappa shape index (κ1) is 22.4. The number of ether oxygens (including phenoxy) is 2. The van der Waals surface area contributed by atoms with E-state index in [-0.39, 0.29) is 5.91 Å². The minimum atomic E-state index is 0.0227. The molecule has 9 nitrogen and oxygen atoms in total. The van der Waals surface area contributed by atoms with Crippen molar-refractivity contribution in [1.82, 2.24) is 29.0 Å². The zero-order chi connectivity index (χ0) is 22.5. The summed E-state index contributed by atoms with van der Waals surface area (Å²) in [6.45, 7) is 10.6. The van der Waals surface area contributed by atoms with Crippen LogP contribution in [-0.4, -0.2) is 74.5 Å². The van der Waals surface area contributed by atoms with Gasteiger partial charge in [0.1, 0.15) is 5.82 Å². The maximum Gasteiger partial charge on any atom is 0.257 e. The number of fused-ring (bicyclic) bond motifs is 1. The lowest BCUT2D eigenvalue weighted by molar-refractivity contribution is 0.0492. The van der Waals surface area contributed by atoms with E-state index in [4.69, 9.17) is 9.47 Å². The number of likely N-dealkylation sites (tertiary alicyclic amines) is 1. The topological polar surface area (TPSA) is 86.8 Å². The standard InChI is InChI=1S/C23H32N6O3/c1-4-31-13-14-32-12-11-27-10-7-24-22(27)19-5-8-28(9-6-19)23(30)20-16-25-21-15-17(2)26-29(21)18(20)3/h7,10,15-16,19H,4-6,8-9,11-14H2,1-3H3. The number of nitrogens with zero attached hydrogens (tertiary/aromatic N) is 6. The van der Waals surface area contributed by atoms with Crippen molar-refractivity contribution < 1.29 is 14.3 Å². The molecule has 0 N–H and O–H groups in total. The molecule has 0 unspecified atom stereocenters. The van der Waals surface area contributed by atoms with E-state index in [1.807, 2.05) is 44.1 Å². The van der Waals surface area contributed by atoms with Crippen LogP contribution in [-0.2, 0) is 16.0 Å². The molecule has 32 heavy (non-hydrogen) atoms. The van der Waals surface area contributed by atoms with Gasteiger partial charge in [-0.3, -0.25) is 4.79 Å². The third kappa shape index (κ3) is 4.83. The summed E-state index contributed by atoms with van der Waals surface area (Å²) >= 11 is 0. The van der Waals surface area contributed by atoms with Gasteiger partial charge in [-0.1, -0.05) is 0 Å². The van der Waals surface area contributed by atoms with Gasteiger partial charge in [0.25, 0.3) is 5.91 Å². The minimum absolute atomic E-state index is 0.0227. The molecule has 3 aromatic heterocycles. The van der Waals surface area contributed by atoms with E-state index in [1.54, 1.807) is 10.7 Å². The van der Waals surface area contributed by atoms with Crippen LogP contribution in [0.2, 0.25) is 0 Å². The second-order valence-electron chi connectivity index (χ2n) is 8.17. The molecule has 1 saturated heterocycles. The largest absolute Gasteiger partial charge is 0.379 e. The van der Waals surface area contributed by atoms with Crippen LogP contribution in [0.25, 0.3) is 5.65 Å². The van der Waals surface area contributed by atoms with E-state index >= 15 is 0 Å². The number of hydrogen-bond acceptors (Lipinski definition) is 6. The highest BCUT2D eigenvalue weighted by Crippen LogP contribution is 2.28. The number of hydrogen-bond donors (Lipinski definition) is 0. The normalized spacial score (nSPS) is 15.0. The zero-order valence-corrected chi connectivity index (χ0v) is 19.2. The number of piperidine rings is 1. The highest BCUT2D eigenvalue weighted by Gasteiger charge is 2.28. The van der Waals surface area contributed by atoms with Crippen LogP contribution in [0.5, 0.6) is 0 Å². The predicted octanol–water partition coefficient (Wildman–Crippen LogP) is 2.62. The molecule has 4 heterocycles. The first-order chi connectivity index (χ1) is 15.6. The van der Waals surface area contributed by atoms with Gasteiger partial charge in [-0.05, 0) is 33.6 Å². The molecule has 0 atom stereocenters. The Bertz CT molecular complexity index is 1050. The van der Waals surface area contributed by atoms with Crippen molar-refractivity contribution in [3.05, 3.63) is 47.4 Å². The third-order valence-electron chi connectivity index (χ3n) is 6.02. The smallest absolute Gasteiger partial charge is 0.257 e. The molecule has 1 aliphatic heterocycles. The Morgan fingerprint density at radius 1 is 1.12 bits per heavy atom. The molecule has 0 bridgehead atoms. The van der Waals surface area contributed by atoms with Gasteiger partial charge in [0.2, 0.25) is 0 Å². The molecule has 1 amide bonds. The van der Waals surface area contributed by atoms with Crippen LogP contribution in [0.1, 0.15) is 53.3 Å². The second-order valence-corrected chi connectivity index (χ2v) is 8.17. The zero-order valence-electron chi connectivity index (χ0n) is 19.2. The summed E-state index contributed by atoms with van der Waals surface area (Å²) in [5, 5.41) is 4.46. The molecule has 0 radical (unpaired) electrons. The summed E-state index contributed by atoms with van der Waals surface area (Å²) in [7, 11) is 0. The molecular formula is C23H32N6O3. The summed E-state index contributed by atoms with van der Waals surface area (Å²) < 4.78 is 14.9. The van der Waals surface area contributed by atoms with Gasteiger partial charge >= 0.3 is 0 Å². The van der Waals surface area contributed by atoms with Crippen molar-refractivity contribution in [3.8, 4) is 0 Å². The summed E-state index contributed by atoms with van der Waals surface area (Å²) in [5.74, 6) is 1.44. The van der Waals surface area contributed by atoms with Crippen molar-refractivity contribution in [2.45, 2.75) is 46.1 Å². The summed E-state index contributed by atoms with van der Waals surface area (Å²) in [6.07, 6.45) is 7.32. The summed E-state index contributed by atoms with van der Waals surface area (Å²) in [5.41, 5.74) is 3.10. The number of imidazole rings is 1. The molecule has 9 heteroatoms. The molecule has 0 aliphatic carbocycles. The molecule has 172 valence electrons. The maximum atomic E-state index is 13.2. The monoisotopic (exact) mass is 440 g/mol. The summed E-state index contributed by atoms with van der Waals surface area (Å²) in [4.78, 5) is 24.1. The van der Waals surface area contributed by atoms with E-state index in [0.29, 0.717) is 51.0 Å². The predicted molar refractivity (Wildman–Crippen MR) is 120 cm³/mol. The van der Waals surface area contributed by atoms with Crippen LogP contribution >= 0.6 is 0 Å². The van der Waals surface area contributed by atoms with E-state index in [9.17, 15) is 4.79 Å². The van der Waals surface area contributed by atoms with Crippen molar-refractivity contribution in [2.24, 2.45) is 0 Å². The lowest BCUT2D eigenvalue weighted by Crippen LogP contribution is -2.39. The number of aryl methyl sites for hydroxylation is 2. The summed E-state index contributed by atoms with van der Waals surface area (Å²) in [6, 6.07) is 1.92. The SMILES string of the molecule is CCOCCOCCn1ccnc1C1CCN(C(=O)c2cnc3cc(C)nn3c2C)CC1. The van der Waals surface area contributed by atoms with Gasteiger partial charge < -0.3 is 18.9 Å². The highest BCUT2D eigenvalue weighted by molar-refractivity contribution is 5.95. The number of carbonyl (C=O) groups is 1. The Hall–Kier alpha value is -2.78. The molecular weight excluding hydrogens is 408 g/mol. The third-order valence-corrected chi connectivity index (χ3v) is 6.02. The lowest BCUT2D eigenvalue weighted by atomic mass is 9.95. The van der Waals surface area contributed by atoms with Gasteiger partial charge in [0, 0.05) is 56.8 Å². The van der Waals surface area contributed by atoms with Crippen LogP contribution in [0.3, 0.4) is 0 Å². The van der Waals surface area contributed by atoms with Crippen LogP contribution in [0.4, 0.5) is 0 Å². The fourth-order valence-corrected chi connectivity index (χ4v) is 4.28. The van der Waals surface area contributed by atoms with Crippen molar-refractivity contribution in [1.29, 1.82) is 0 Å². The quantitative estimate of drug-likeness (QED) is 0.476. The second kappa shape index (κ2) is 10.2. The molecule has 3 aromatic rings. The Labute approximate surface area is 188 Å². The van der Waals surface area contributed by atoms with Crippen LogP contribution in [0, 0.1) is 13.8 Å². The van der Waals surface area contributed by atoms with E-state index in [0.717, 1.165) is 42.2 Å². The number of carbonyl (C=O) groups excluding carboxylic acids is 1. The number of rotatable bonds is 9. The molecule has 0 spiro atoms.